The topological polar surface area (TPSA) is 59.9 Å². The Hall–Kier alpha value is -4.74. The number of hydrogen-bond acceptors (Lipinski definition) is 7. The van der Waals surface area contributed by atoms with Gasteiger partial charge >= 0.3 is 0 Å². The highest BCUT2D eigenvalue weighted by Gasteiger charge is 2.36. The molecular weight excluding hydrogens is 723 g/mol. The summed E-state index contributed by atoms with van der Waals surface area (Å²) in [5.74, 6) is 0. The van der Waals surface area contributed by atoms with Crippen LogP contribution >= 0.6 is 48.3 Å². The van der Waals surface area contributed by atoms with E-state index in [9.17, 15) is 0 Å². The zero-order valence-electron chi connectivity index (χ0n) is 27.0. The van der Waals surface area contributed by atoms with Gasteiger partial charge in [0, 0.05) is 42.8 Å². The summed E-state index contributed by atoms with van der Waals surface area (Å²) >= 11 is 4.60. The van der Waals surface area contributed by atoms with E-state index in [0.717, 1.165) is 71.8 Å². The molecule has 0 fully saturated rings. The third-order valence-electron chi connectivity index (χ3n) is 9.07. The average Bonchev–Trinajstić information content (AvgIpc) is 3.95. The summed E-state index contributed by atoms with van der Waals surface area (Å²) in [7, 11) is -6.47. The Morgan fingerprint density at radius 1 is 0.333 bits per heavy atom. The van der Waals surface area contributed by atoms with Gasteiger partial charge in [0.25, 0.3) is 0 Å². The number of aromatic nitrogens is 2. The zero-order valence-corrected chi connectivity index (χ0v) is 31.2. The highest BCUT2D eigenvalue weighted by Crippen LogP contribution is 2.52. The van der Waals surface area contributed by atoms with Gasteiger partial charge in [-0.05, 0) is 0 Å². The monoisotopic (exact) mass is 750 g/mol. The van der Waals surface area contributed by atoms with Crippen molar-refractivity contribution in [1.82, 2.24) is 10.2 Å². The van der Waals surface area contributed by atoms with Crippen molar-refractivity contribution < 1.29 is 9.13 Å². The van der Waals surface area contributed by atoms with Crippen LogP contribution < -0.4 is 30.5 Å². The summed E-state index contributed by atoms with van der Waals surface area (Å²) in [4.78, 5) is 1.88. The molecule has 0 N–H and O–H groups in total. The Kier molecular flexibility index (Phi) is 8.27. The molecule has 9 heteroatoms. The van der Waals surface area contributed by atoms with Crippen LogP contribution in [0.25, 0.3) is 41.3 Å². The summed E-state index contributed by atoms with van der Waals surface area (Å²) in [6.45, 7) is 0. The fourth-order valence-corrected chi connectivity index (χ4v) is 17.5. The van der Waals surface area contributed by atoms with Gasteiger partial charge < -0.3 is 9.13 Å². The number of nitrogens with zero attached hydrogens (tertiary/aromatic N) is 2. The third kappa shape index (κ3) is 5.31. The van der Waals surface area contributed by atoms with Gasteiger partial charge in [0.1, 0.15) is 0 Å². The number of rotatable bonds is 8. The van der Waals surface area contributed by atoms with Crippen LogP contribution in [0.2, 0.25) is 0 Å². The molecule has 0 radical (unpaired) electrons. The standard InChI is InChI=1S/C42H28N2O2P2S3/c45-47(29-17-5-1-6-18-29,30-19-7-2-8-20-30)41-35-27-15-13-25-33(35)37(49-41)39-43-44-40(51-39)38-34-26-14-16-28-36(34)42(50-38)48(46,31-21-9-3-10-22-31)32-23-11-4-12-24-32/h1-28H. The maximum absolute atomic E-state index is 15.5. The lowest BCUT2D eigenvalue weighted by molar-refractivity contribution is 0.592. The molecule has 0 unspecified atom stereocenters. The summed E-state index contributed by atoms with van der Waals surface area (Å²) in [5.41, 5.74) is 0. The van der Waals surface area contributed by atoms with E-state index in [1.165, 1.54) is 11.3 Å². The molecule has 0 aliphatic heterocycles. The SMILES string of the molecule is O=P(c1ccccc1)(c1ccccc1)c1sc(-c2nnc(-c3sc(P(=O)(c4ccccc4)c4ccccc4)c4ccccc34)s2)c2ccccc12. The van der Waals surface area contributed by atoms with Crippen molar-refractivity contribution in [1.29, 1.82) is 0 Å². The molecule has 0 amide bonds. The van der Waals surface area contributed by atoms with E-state index in [1.807, 2.05) is 146 Å². The molecular formula is C42H28N2O2P2S3. The van der Waals surface area contributed by atoms with Crippen LogP contribution in [-0.2, 0) is 9.13 Å². The minimum atomic E-state index is -3.23. The number of thiophene rings is 2. The Balaban J connectivity index is 1.22. The lowest BCUT2D eigenvalue weighted by Gasteiger charge is -2.18. The number of fused-ring (bicyclic) bond motifs is 2. The summed E-state index contributed by atoms with van der Waals surface area (Å²) < 4.78 is 32.7. The first kappa shape index (κ1) is 32.2. The van der Waals surface area contributed by atoms with E-state index in [4.69, 9.17) is 10.2 Å². The minimum absolute atomic E-state index is 0.762. The van der Waals surface area contributed by atoms with Crippen molar-refractivity contribution >= 4 is 100 Å². The second kappa shape index (κ2) is 13.1. The lowest BCUT2D eigenvalue weighted by atomic mass is 10.2. The van der Waals surface area contributed by atoms with Crippen LogP contribution in [-0.4, -0.2) is 10.2 Å². The van der Waals surface area contributed by atoms with Crippen LogP contribution in [0.3, 0.4) is 0 Å². The summed E-state index contributed by atoms with van der Waals surface area (Å²) in [6.07, 6.45) is 0. The third-order valence-corrected chi connectivity index (χ3v) is 20.2. The lowest BCUT2D eigenvalue weighted by Crippen LogP contribution is -2.23. The molecule has 9 rings (SSSR count). The molecule has 6 aromatic carbocycles. The van der Waals surface area contributed by atoms with Crippen LogP contribution in [0.4, 0.5) is 0 Å². The highest BCUT2D eigenvalue weighted by molar-refractivity contribution is 7.90. The van der Waals surface area contributed by atoms with Crippen LogP contribution in [0.1, 0.15) is 0 Å². The van der Waals surface area contributed by atoms with E-state index in [1.54, 1.807) is 22.7 Å². The van der Waals surface area contributed by atoms with Gasteiger partial charge in [0.05, 0.1) is 19.0 Å². The van der Waals surface area contributed by atoms with Crippen molar-refractivity contribution in [2.24, 2.45) is 0 Å². The molecule has 0 spiro atoms. The molecule has 51 heavy (non-hydrogen) atoms. The largest absolute Gasteiger partial charge is 0.308 e. The molecule has 0 saturated heterocycles. The highest BCUT2D eigenvalue weighted by atomic mass is 32.1. The van der Waals surface area contributed by atoms with Gasteiger partial charge in [-0.25, -0.2) is 0 Å². The Morgan fingerprint density at radius 3 is 0.922 bits per heavy atom. The van der Waals surface area contributed by atoms with E-state index < -0.39 is 14.3 Å². The molecule has 0 atom stereocenters. The van der Waals surface area contributed by atoms with Gasteiger partial charge in [-0.1, -0.05) is 181 Å². The predicted molar refractivity (Wildman–Crippen MR) is 220 cm³/mol. The van der Waals surface area contributed by atoms with Gasteiger partial charge in [0.2, 0.25) is 0 Å². The molecule has 3 heterocycles. The molecule has 0 aliphatic carbocycles. The van der Waals surface area contributed by atoms with E-state index in [2.05, 4.69) is 24.3 Å². The maximum Gasteiger partial charge on any atom is 0.181 e. The molecule has 0 saturated carbocycles. The van der Waals surface area contributed by atoms with Crippen LogP contribution in [0.15, 0.2) is 170 Å². The summed E-state index contributed by atoms with van der Waals surface area (Å²) in [6, 6.07) is 55.5. The minimum Gasteiger partial charge on any atom is -0.308 e. The molecule has 246 valence electrons. The van der Waals surface area contributed by atoms with Crippen molar-refractivity contribution in [2.75, 3.05) is 0 Å². The predicted octanol–water partition coefficient (Wildman–Crippen LogP) is 9.58. The fourth-order valence-electron chi connectivity index (χ4n) is 6.66. The van der Waals surface area contributed by atoms with Gasteiger partial charge in [-0.2, -0.15) is 0 Å². The Labute approximate surface area is 307 Å². The Morgan fingerprint density at radius 2 is 0.608 bits per heavy atom. The molecule has 9 aromatic rings. The zero-order chi connectivity index (χ0) is 34.4. The van der Waals surface area contributed by atoms with Crippen molar-refractivity contribution in [3.05, 3.63) is 170 Å². The summed E-state index contributed by atoms with van der Waals surface area (Å²) in [5, 5.41) is 18.2. The quantitative estimate of drug-likeness (QED) is 0.145. The number of benzene rings is 6. The normalized spacial score (nSPS) is 12.1. The van der Waals surface area contributed by atoms with E-state index >= 15 is 9.13 Å². The first-order valence-electron chi connectivity index (χ1n) is 16.4. The van der Waals surface area contributed by atoms with Gasteiger partial charge in [-0.3, -0.25) is 0 Å². The molecule has 4 nitrogen and oxygen atoms in total. The average molecular weight is 751 g/mol. The van der Waals surface area contributed by atoms with E-state index in [-0.39, 0.29) is 0 Å². The first-order valence-corrected chi connectivity index (χ1v) is 22.2. The van der Waals surface area contributed by atoms with Crippen LogP contribution in [0, 0.1) is 0 Å². The van der Waals surface area contributed by atoms with Crippen molar-refractivity contribution in [2.45, 2.75) is 0 Å². The van der Waals surface area contributed by atoms with E-state index in [0.29, 0.717) is 0 Å². The first-order chi connectivity index (χ1) is 25.1. The maximum atomic E-state index is 15.5. The smallest absolute Gasteiger partial charge is 0.181 e. The molecule has 3 aromatic heterocycles. The molecule has 0 bridgehead atoms. The molecule has 0 aliphatic rings. The van der Waals surface area contributed by atoms with Gasteiger partial charge in [0.15, 0.2) is 24.3 Å². The van der Waals surface area contributed by atoms with Crippen molar-refractivity contribution in [3.63, 3.8) is 0 Å². The number of hydrogen-bond donors (Lipinski definition) is 0. The Bertz CT molecular complexity index is 2490. The van der Waals surface area contributed by atoms with Crippen LogP contribution in [0.5, 0.6) is 0 Å². The second-order valence-electron chi connectivity index (χ2n) is 12.0. The van der Waals surface area contributed by atoms with Gasteiger partial charge in [-0.15, -0.1) is 32.9 Å². The fraction of sp³-hybridized carbons (Fsp3) is 0. The van der Waals surface area contributed by atoms with Crippen molar-refractivity contribution in [3.8, 4) is 19.8 Å². The second-order valence-corrected chi connectivity index (χ2v) is 21.1.